The second kappa shape index (κ2) is 8.15. The van der Waals surface area contributed by atoms with Crippen molar-refractivity contribution in [3.05, 3.63) is 133 Å². The van der Waals surface area contributed by atoms with Crippen LogP contribution in [0.4, 0.5) is 0 Å². The number of rotatable bonds is 3. The third-order valence-corrected chi connectivity index (χ3v) is 7.28. The summed E-state index contributed by atoms with van der Waals surface area (Å²) in [4.78, 5) is 10.3. The van der Waals surface area contributed by atoms with Crippen LogP contribution in [0.1, 0.15) is 0 Å². The van der Waals surface area contributed by atoms with Crippen molar-refractivity contribution in [2.45, 2.75) is 0 Å². The van der Waals surface area contributed by atoms with Gasteiger partial charge in [-0.15, -0.1) is 0 Å². The Morgan fingerprint density at radius 3 is 1.95 bits per heavy atom. The maximum atomic E-state index is 5.18. The molecule has 3 heterocycles. The fourth-order valence-electron chi connectivity index (χ4n) is 5.59. The van der Waals surface area contributed by atoms with Crippen LogP contribution in [0, 0.1) is 0 Å². The summed E-state index contributed by atoms with van der Waals surface area (Å²) < 4.78 is 4.57. The van der Waals surface area contributed by atoms with E-state index in [0.717, 1.165) is 55.9 Å². The largest absolute Gasteiger partial charge is 0.306 e. The third-order valence-electron chi connectivity index (χ3n) is 7.28. The van der Waals surface area contributed by atoms with Crippen LogP contribution in [-0.2, 0) is 0 Å². The highest BCUT2D eigenvalue weighted by atomic mass is 15.1. The summed E-state index contributed by atoms with van der Waals surface area (Å²) in [6.07, 6.45) is 0. The Bertz CT molecular complexity index is 2130. The van der Waals surface area contributed by atoms with Crippen LogP contribution >= 0.6 is 0 Å². The highest BCUT2D eigenvalue weighted by Gasteiger charge is 2.17. The molecule has 0 spiro atoms. The van der Waals surface area contributed by atoms with Gasteiger partial charge in [0, 0.05) is 22.2 Å². The molecule has 178 valence electrons. The van der Waals surface area contributed by atoms with Crippen molar-refractivity contribution in [1.82, 2.24) is 18.9 Å². The molecule has 0 bridgehead atoms. The predicted molar refractivity (Wildman–Crippen MR) is 156 cm³/mol. The van der Waals surface area contributed by atoms with Crippen LogP contribution < -0.4 is 0 Å². The van der Waals surface area contributed by atoms with Gasteiger partial charge < -0.3 is 4.40 Å². The predicted octanol–water partition coefficient (Wildman–Crippen LogP) is 8.31. The summed E-state index contributed by atoms with van der Waals surface area (Å²) in [6, 6.07) is 46.5. The molecule has 4 heteroatoms. The van der Waals surface area contributed by atoms with Gasteiger partial charge >= 0.3 is 0 Å². The molecule has 0 atom stereocenters. The van der Waals surface area contributed by atoms with E-state index in [9.17, 15) is 0 Å². The van der Waals surface area contributed by atoms with Crippen molar-refractivity contribution < 1.29 is 0 Å². The van der Waals surface area contributed by atoms with Gasteiger partial charge in [-0.25, -0.2) is 9.97 Å². The van der Waals surface area contributed by atoms with Crippen molar-refractivity contribution in [3.63, 3.8) is 0 Å². The Morgan fingerprint density at radius 2 is 1.11 bits per heavy atom. The molecule has 0 aliphatic heterocycles. The van der Waals surface area contributed by atoms with Crippen LogP contribution in [0.25, 0.3) is 66.8 Å². The molecule has 0 aliphatic rings. The fourth-order valence-corrected chi connectivity index (χ4v) is 5.59. The SMILES string of the molecule is c1ccc(-n2c(-c3cccc(-c4nc5ccccc5n5c4cc4ccccc45)c3)nc3ccccc32)cc1. The molecule has 0 saturated carbocycles. The molecule has 0 radical (unpaired) electrons. The molecule has 0 N–H and O–H groups in total. The monoisotopic (exact) mass is 486 g/mol. The van der Waals surface area contributed by atoms with Gasteiger partial charge in [-0.3, -0.25) is 4.57 Å². The number of imidazole rings is 1. The minimum atomic E-state index is 0.914. The Hall–Kier alpha value is -5.22. The topological polar surface area (TPSA) is 35.1 Å². The average Bonchev–Trinajstić information content (AvgIpc) is 3.57. The Kier molecular flexibility index (Phi) is 4.49. The maximum absolute atomic E-state index is 5.18. The molecule has 0 unspecified atom stereocenters. The van der Waals surface area contributed by atoms with Gasteiger partial charge in [0.25, 0.3) is 0 Å². The first-order valence-electron chi connectivity index (χ1n) is 12.8. The zero-order valence-corrected chi connectivity index (χ0v) is 20.5. The number of hydrogen-bond acceptors (Lipinski definition) is 2. The molecule has 0 amide bonds. The van der Waals surface area contributed by atoms with Crippen molar-refractivity contribution >= 4 is 38.5 Å². The molecule has 8 aromatic rings. The summed E-state index contributed by atoms with van der Waals surface area (Å²) in [7, 11) is 0. The number of benzene rings is 5. The first kappa shape index (κ1) is 20.9. The van der Waals surface area contributed by atoms with E-state index in [1.165, 1.54) is 10.9 Å². The van der Waals surface area contributed by atoms with E-state index in [-0.39, 0.29) is 0 Å². The minimum absolute atomic E-state index is 0.914. The lowest BCUT2D eigenvalue weighted by Crippen LogP contribution is -1.98. The van der Waals surface area contributed by atoms with Gasteiger partial charge in [-0.2, -0.15) is 0 Å². The van der Waals surface area contributed by atoms with Crippen molar-refractivity contribution in [3.8, 4) is 28.3 Å². The molecule has 4 nitrogen and oxygen atoms in total. The van der Waals surface area contributed by atoms with Gasteiger partial charge in [0.05, 0.1) is 38.8 Å². The van der Waals surface area contributed by atoms with Crippen LogP contribution in [0.2, 0.25) is 0 Å². The maximum Gasteiger partial charge on any atom is 0.145 e. The quantitative estimate of drug-likeness (QED) is 0.252. The summed E-state index contributed by atoms with van der Waals surface area (Å²) in [5.74, 6) is 0.914. The fraction of sp³-hybridized carbons (Fsp3) is 0. The average molecular weight is 487 g/mol. The first-order chi connectivity index (χ1) is 18.8. The van der Waals surface area contributed by atoms with E-state index >= 15 is 0 Å². The summed E-state index contributed by atoms with van der Waals surface area (Å²) in [5.41, 5.74) is 10.6. The van der Waals surface area contributed by atoms with Gasteiger partial charge in [0.15, 0.2) is 0 Å². The Labute approximate surface area is 219 Å². The van der Waals surface area contributed by atoms with Crippen LogP contribution in [0.3, 0.4) is 0 Å². The number of fused-ring (bicyclic) bond motifs is 6. The van der Waals surface area contributed by atoms with E-state index in [1.54, 1.807) is 0 Å². The van der Waals surface area contributed by atoms with E-state index in [1.807, 2.05) is 12.1 Å². The summed E-state index contributed by atoms with van der Waals surface area (Å²) in [5, 5.41) is 1.20. The minimum Gasteiger partial charge on any atom is -0.306 e. The van der Waals surface area contributed by atoms with Gasteiger partial charge in [-0.1, -0.05) is 78.9 Å². The highest BCUT2D eigenvalue weighted by Crippen LogP contribution is 2.35. The molecular formula is C34H22N4. The molecule has 8 rings (SSSR count). The lowest BCUT2D eigenvalue weighted by atomic mass is 10.1. The normalized spacial score (nSPS) is 11.7. The zero-order chi connectivity index (χ0) is 25.1. The smallest absolute Gasteiger partial charge is 0.145 e. The number of para-hydroxylation sites is 6. The molecular weight excluding hydrogens is 464 g/mol. The zero-order valence-electron chi connectivity index (χ0n) is 20.5. The van der Waals surface area contributed by atoms with Crippen LogP contribution in [-0.4, -0.2) is 18.9 Å². The molecule has 5 aromatic carbocycles. The molecule has 3 aromatic heterocycles. The summed E-state index contributed by atoms with van der Waals surface area (Å²) in [6.45, 7) is 0. The third kappa shape index (κ3) is 3.10. The molecule has 0 aliphatic carbocycles. The van der Waals surface area contributed by atoms with Gasteiger partial charge in [0.1, 0.15) is 5.82 Å². The van der Waals surface area contributed by atoms with Crippen LogP contribution in [0.5, 0.6) is 0 Å². The second-order valence-corrected chi connectivity index (χ2v) is 9.55. The molecule has 0 saturated heterocycles. The van der Waals surface area contributed by atoms with E-state index in [4.69, 9.17) is 9.97 Å². The van der Waals surface area contributed by atoms with E-state index in [0.29, 0.717) is 0 Å². The number of nitrogens with zero attached hydrogens (tertiary/aromatic N) is 4. The second-order valence-electron chi connectivity index (χ2n) is 9.55. The Balaban J connectivity index is 1.41. The first-order valence-corrected chi connectivity index (χ1v) is 12.8. The molecule has 0 fully saturated rings. The van der Waals surface area contributed by atoms with Crippen molar-refractivity contribution in [2.24, 2.45) is 0 Å². The number of aromatic nitrogens is 4. The molecule has 38 heavy (non-hydrogen) atoms. The lowest BCUT2D eigenvalue weighted by Gasteiger charge is -2.12. The van der Waals surface area contributed by atoms with Crippen molar-refractivity contribution in [2.75, 3.05) is 0 Å². The van der Waals surface area contributed by atoms with Crippen LogP contribution in [0.15, 0.2) is 133 Å². The highest BCUT2D eigenvalue weighted by molar-refractivity contribution is 5.99. The lowest BCUT2D eigenvalue weighted by molar-refractivity contribution is 1.10. The van der Waals surface area contributed by atoms with Crippen molar-refractivity contribution in [1.29, 1.82) is 0 Å². The standard InChI is InChI=1S/C34H22N4/c1-2-14-26(15-3-1)37-30-19-8-6-17-28(30)36-34(37)25-13-10-12-24(21-25)33-32-22-23-11-4-7-18-29(23)38(32)31-20-9-5-16-27(31)35-33/h1-22H. The van der Waals surface area contributed by atoms with Gasteiger partial charge in [0.2, 0.25) is 0 Å². The van der Waals surface area contributed by atoms with Gasteiger partial charge in [-0.05, 0) is 54.6 Å². The van der Waals surface area contributed by atoms with E-state index in [2.05, 4.69) is 130 Å². The van der Waals surface area contributed by atoms with E-state index < -0.39 is 0 Å². The Morgan fingerprint density at radius 1 is 0.447 bits per heavy atom. The summed E-state index contributed by atoms with van der Waals surface area (Å²) >= 11 is 0. The number of hydrogen-bond donors (Lipinski definition) is 0.